The van der Waals surface area contributed by atoms with Gasteiger partial charge < -0.3 is 0 Å². The Morgan fingerprint density at radius 2 is 2.09 bits per heavy atom. The predicted molar refractivity (Wildman–Crippen MR) is 48.2 cm³/mol. The van der Waals surface area contributed by atoms with Crippen molar-refractivity contribution in [3.63, 3.8) is 0 Å². The summed E-state index contributed by atoms with van der Waals surface area (Å²) in [4.78, 5) is 0. The van der Waals surface area contributed by atoms with Crippen LogP contribution in [0.1, 0.15) is 46.5 Å². The van der Waals surface area contributed by atoms with Crippen LogP contribution in [-0.2, 0) is 0 Å². The highest BCUT2D eigenvalue weighted by Crippen LogP contribution is 2.18. The summed E-state index contributed by atoms with van der Waals surface area (Å²) in [6.45, 7) is 5.87. The molecule has 0 nitrogen and oxygen atoms in total. The van der Waals surface area contributed by atoms with Crippen LogP contribution in [0.3, 0.4) is 0 Å². The normalized spacial score (nSPS) is 15.1. The zero-order chi connectivity index (χ0) is 8.69. The number of allylic oxidation sites excluding steroid dienone is 2. The standard InChI is InChI=1S/C10H19F/c1-4-6-7-8-9(3)10(11)5-2/h5,9H,4,6-8H2,1-3H3/b10-5+/t9-/m0/s1. The minimum atomic E-state index is 0.0427. The summed E-state index contributed by atoms with van der Waals surface area (Å²) >= 11 is 0. The zero-order valence-electron chi connectivity index (χ0n) is 7.86. The minimum Gasteiger partial charge on any atom is -0.212 e. The molecule has 1 atom stereocenters. The van der Waals surface area contributed by atoms with E-state index >= 15 is 0 Å². The molecule has 0 fully saturated rings. The van der Waals surface area contributed by atoms with Gasteiger partial charge in [0.05, 0.1) is 5.83 Å². The fourth-order valence-corrected chi connectivity index (χ4v) is 1.12. The monoisotopic (exact) mass is 158 g/mol. The Kier molecular flexibility index (Phi) is 6.19. The van der Waals surface area contributed by atoms with Gasteiger partial charge in [-0.05, 0) is 13.3 Å². The molecule has 0 radical (unpaired) electrons. The van der Waals surface area contributed by atoms with Crippen molar-refractivity contribution in [1.82, 2.24) is 0 Å². The summed E-state index contributed by atoms with van der Waals surface area (Å²) in [6, 6.07) is 0. The molecule has 0 saturated heterocycles. The number of halogens is 1. The first-order valence-corrected chi connectivity index (χ1v) is 4.54. The van der Waals surface area contributed by atoms with Crippen LogP contribution < -0.4 is 0 Å². The first-order valence-electron chi connectivity index (χ1n) is 4.54. The van der Waals surface area contributed by atoms with Crippen LogP contribution in [0.4, 0.5) is 4.39 Å². The molecule has 66 valence electrons. The van der Waals surface area contributed by atoms with Crippen LogP contribution in [-0.4, -0.2) is 0 Å². The maximum atomic E-state index is 12.8. The van der Waals surface area contributed by atoms with Gasteiger partial charge in [-0.25, -0.2) is 4.39 Å². The van der Waals surface area contributed by atoms with Gasteiger partial charge in [0.25, 0.3) is 0 Å². The summed E-state index contributed by atoms with van der Waals surface area (Å²) < 4.78 is 12.8. The zero-order valence-corrected chi connectivity index (χ0v) is 7.86. The van der Waals surface area contributed by atoms with Gasteiger partial charge in [-0.3, -0.25) is 0 Å². The van der Waals surface area contributed by atoms with Crippen LogP contribution in [0, 0.1) is 5.92 Å². The van der Waals surface area contributed by atoms with Crippen molar-refractivity contribution >= 4 is 0 Å². The lowest BCUT2D eigenvalue weighted by Crippen LogP contribution is -1.94. The lowest BCUT2D eigenvalue weighted by atomic mass is 10.0. The van der Waals surface area contributed by atoms with Gasteiger partial charge in [0, 0.05) is 5.92 Å². The summed E-state index contributed by atoms with van der Waals surface area (Å²) in [5.74, 6) is 0.174. The van der Waals surface area contributed by atoms with E-state index in [1.54, 1.807) is 13.0 Å². The summed E-state index contributed by atoms with van der Waals surface area (Å²) in [7, 11) is 0. The first-order chi connectivity index (χ1) is 5.22. The van der Waals surface area contributed by atoms with Crippen LogP contribution in [0.15, 0.2) is 11.9 Å². The lowest BCUT2D eigenvalue weighted by molar-refractivity contribution is 0.449. The van der Waals surface area contributed by atoms with E-state index in [0.29, 0.717) is 0 Å². The van der Waals surface area contributed by atoms with Gasteiger partial charge in [-0.2, -0.15) is 0 Å². The molecule has 0 unspecified atom stereocenters. The van der Waals surface area contributed by atoms with Crippen molar-refractivity contribution in [3.05, 3.63) is 11.9 Å². The maximum Gasteiger partial charge on any atom is 0.0985 e. The maximum absolute atomic E-state index is 12.8. The van der Waals surface area contributed by atoms with Crippen LogP contribution >= 0.6 is 0 Å². The molecular formula is C10H19F. The Hall–Kier alpha value is -0.330. The fourth-order valence-electron chi connectivity index (χ4n) is 1.12. The van der Waals surface area contributed by atoms with Crippen LogP contribution in [0.25, 0.3) is 0 Å². The van der Waals surface area contributed by atoms with E-state index in [2.05, 4.69) is 6.92 Å². The Labute approximate surface area is 69.5 Å². The molecule has 0 aromatic carbocycles. The molecule has 0 aliphatic carbocycles. The molecule has 0 aromatic rings. The minimum absolute atomic E-state index is 0.0427. The van der Waals surface area contributed by atoms with Crippen molar-refractivity contribution in [1.29, 1.82) is 0 Å². The lowest BCUT2D eigenvalue weighted by Gasteiger charge is -2.07. The van der Waals surface area contributed by atoms with Crippen molar-refractivity contribution in [2.45, 2.75) is 46.5 Å². The Morgan fingerprint density at radius 3 is 2.55 bits per heavy atom. The smallest absolute Gasteiger partial charge is 0.0985 e. The van der Waals surface area contributed by atoms with E-state index in [4.69, 9.17) is 0 Å². The molecule has 0 aliphatic rings. The molecule has 0 bridgehead atoms. The second-order valence-electron chi connectivity index (χ2n) is 3.07. The molecule has 0 spiro atoms. The molecule has 0 rings (SSSR count). The second-order valence-corrected chi connectivity index (χ2v) is 3.07. The molecule has 0 aliphatic heterocycles. The second kappa shape index (κ2) is 6.38. The van der Waals surface area contributed by atoms with Crippen molar-refractivity contribution in [2.24, 2.45) is 5.92 Å². The average Bonchev–Trinajstić information content (AvgIpc) is 2.03. The summed E-state index contributed by atoms with van der Waals surface area (Å²) in [6.07, 6.45) is 6.14. The third kappa shape index (κ3) is 5.00. The topological polar surface area (TPSA) is 0 Å². The quantitative estimate of drug-likeness (QED) is 0.529. The number of rotatable bonds is 5. The summed E-state index contributed by atoms with van der Waals surface area (Å²) in [5, 5.41) is 0. The Balaban J connectivity index is 3.44. The SMILES string of the molecule is C/C=C(/F)[C@@H](C)CCCCC. The van der Waals surface area contributed by atoms with E-state index in [-0.39, 0.29) is 11.7 Å². The molecule has 0 amide bonds. The van der Waals surface area contributed by atoms with Gasteiger partial charge in [-0.15, -0.1) is 0 Å². The first kappa shape index (κ1) is 10.7. The molecule has 0 heterocycles. The highest BCUT2D eigenvalue weighted by molar-refractivity contribution is 4.93. The van der Waals surface area contributed by atoms with Gasteiger partial charge in [0.2, 0.25) is 0 Å². The van der Waals surface area contributed by atoms with E-state index in [1.807, 2.05) is 6.92 Å². The van der Waals surface area contributed by atoms with Gasteiger partial charge >= 0.3 is 0 Å². The molecule has 1 heteroatoms. The third-order valence-electron chi connectivity index (χ3n) is 1.99. The molecular weight excluding hydrogens is 139 g/mol. The van der Waals surface area contributed by atoms with E-state index in [9.17, 15) is 4.39 Å². The molecule has 0 saturated carbocycles. The number of unbranched alkanes of at least 4 members (excludes halogenated alkanes) is 2. The van der Waals surface area contributed by atoms with Gasteiger partial charge in [0.1, 0.15) is 0 Å². The largest absolute Gasteiger partial charge is 0.212 e. The predicted octanol–water partition coefficient (Wildman–Crippen LogP) is 4.08. The summed E-state index contributed by atoms with van der Waals surface area (Å²) in [5.41, 5.74) is 0. The van der Waals surface area contributed by atoms with Gasteiger partial charge in [-0.1, -0.05) is 39.2 Å². The molecule has 0 N–H and O–H groups in total. The Bertz CT molecular complexity index is 116. The van der Waals surface area contributed by atoms with Gasteiger partial charge in [0.15, 0.2) is 0 Å². The highest BCUT2D eigenvalue weighted by Gasteiger charge is 2.05. The van der Waals surface area contributed by atoms with Crippen molar-refractivity contribution in [3.8, 4) is 0 Å². The van der Waals surface area contributed by atoms with Crippen molar-refractivity contribution < 1.29 is 4.39 Å². The van der Waals surface area contributed by atoms with Crippen LogP contribution in [0.2, 0.25) is 0 Å². The molecule has 0 aromatic heterocycles. The van der Waals surface area contributed by atoms with E-state index in [0.717, 1.165) is 12.8 Å². The molecule has 11 heavy (non-hydrogen) atoms. The number of hydrogen-bond donors (Lipinski definition) is 0. The van der Waals surface area contributed by atoms with E-state index in [1.165, 1.54) is 12.8 Å². The number of hydrogen-bond acceptors (Lipinski definition) is 0. The van der Waals surface area contributed by atoms with Crippen LogP contribution in [0.5, 0.6) is 0 Å². The fraction of sp³-hybridized carbons (Fsp3) is 0.800. The third-order valence-corrected chi connectivity index (χ3v) is 1.99. The average molecular weight is 158 g/mol. The van der Waals surface area contributed by atoms with Crippen molar-refractivity contribution in [2.75, 3.05) is 0 Å². The van der Waals surface area contributed by atoms with E-state index < -0.39 is 0 Å². The highest BCUT2D eigenvalue weighted by atomic mass is 19.1. The Morgan fingerprint density at radius 1 is 1.45 bits per heavy atom.